The third-order valence-corrected chi connectivity index (χ3v) is 2.76. The molecule has 0 saturated heterocycles. The summed E-state index contributed by atoms with van der Waals surface area (Å²) in [5.41, 5.74) is 0.711. The average molecular weight is 266 g/mol. The van der Waals surface area contributed by atoms with Crippen LogP contribution in [0.25, 0.3) is 0 Å². The molecule has 0 aliphatic carbocycles. The van der Waals surface area contributed by atoms with Gasteiger partial charge in [-0.05, 0) is 23.6 Å². The highest BCUT2D eigenvalue weighted by Gasteiger charge is 2.09. The van der Waals surface area contributed by atoms with Crippen LogP contribution in [0.1, 0.15) is 16.3 Å². The molecule has 3 N–H and O–H groups in total. The predicted molar refractivity (Wildman–Crippen MR) is 65.8 cm³/mol. The van der Waals surface area contributed by atoms with E-state index in [0.29, 0.717) is 11.4 Å². The number of nitrogens with one attached hydrogen (secondary N) is 2. The standard InChI is InChI=1S/C11H10N2O4S/c14-10(15)9-2-1-8(17-9)5-12-11(16)13-7-3-4-18-6-7/h1-4,6H,5H2,(H,14,15)(H2,12,13,16). The molecule has 0 fully saturated rings. The first kappa shape index (κ1) is 12.2. The molecule has 0 aromatic carbocycles. The third-order valence-electron chi connectivity index (χ3n) is 2.07. The molecule has 0 unspecified atom stereocenters. The van der Waals surface area contributed by atoms with Crippen LogP contribution in [0.2, 0.25) is 0 Å². The quantitative estimate of drug-likeness (QED) is 0.792. The maximum atomic E-state index is 11.4. The first-order valence-electron chi connectivity index (χ1n) is 5.04. The Morgan fingerprint density at radius 1 is 1.33 bits per heavy atom. The fourth-order valence-electron chi connectivity index (χ4n) is 1.27. The van der Waals surface area contributed by atoms with E-state index in [2.05, 4.69) is 10.6 Å². The van der Waals surface area contributed by atoms with Crippen LogP contribution in [-0.2, 0) is 6.54 Å². The van der Waals surface area contributed by atoms with Crippen molar-refractivity contribution in [2.75, 3.05) is 5.32 Å². The largest absolute Gasteiger partial charge is 0.475 e. The molecule has 7 heteroatoms. The summed E-state index contributed by atoms with van der Waals surface area (Å²) in [6, 6.07) is 4.26. The van der Waals surface area contributed by atoms with Crippen LogP contribution in [0.5, 0.6) is 0 Å². The van der Waals surface area contributed by atoms with Crippen LogP contribution in [0, 0.1) is 0 Å². The molecule has 0 spiro atoms. The van der Waals surface area contributed by atoms with Gasteiger partial charge in [0, 0.05) is 5.38 Å². The van der Waals surface area contributed by atoms with Gasteiger partial charge in [0.1, 0.15) is 5.76 Å². The molecule has 2 aromatic rings. The Morgan fingerprint density at radius 2 is 2.17 bits per heavy atom. The summed E-state index contributed by atoms with van der Waals surface area (Å²) in [7, 11) is 0. The number of carboxylic acid groups (broad SMARTS) is 1. The van der Waals surface area contributed by atoms with Crippen molar-refractivity contribution in [3.05, 3.63) is 40.5 Å². The van der Waals surface area contributed by atoms with Crippen molar-refractivity contribution in [3.8, 4) is 0 Å². The van der Waals surface area contributed by atoms with Gasteiger partial charge >= 0.3 is 12.0 Å². The molecule has 0 radical (unpaired) electrons. The molecule has 18 heavy (non-hydrogen) atoms. The van der Waals surface area contributed by atoms with E-state index in [1.54, 1.807) is 11.4 Å². The molecule has 0 bridgehead atoms. The Balaban J connectivity index is 1.83. The van der Waals surface area contributed by atoms with Crippen LogP contribution in [-0.4, -0.2) is 17.1 Å². The topological polar surface area (TPSA) is 91.6 Å². The lowest BCUT2D eigenvalue weighted by molar-refractivity contribution is 0.0660. The van der Waals surface area contributed by atoms with Gasteiger partial charge in [0.2, 0.25) is 5.76 Å². The fraction of sp³-hybridized carbons (Fsp3) is 0.0909. The van der Waals surface area contributed by atoms with E-state index in [4.69, 9.17) is 9.52 Å². The van der Waals surface area contributed by atoms with Gasteiger partial charge in [-0.1, -0.05) is 0 Å². The Kier molecular flexibility index (Phi) is 3.63. The zero-order valence-corrected chi connectivity index (χ0v) is 9.99. The summed E-state index contributed by atoms with van der Waals surface area (Å²) in [6.07, 6.45) is 0. The number of furan rings is 1. The fourth-order valence-corrected chi connectivity index (χ4v) is 1.85. The van der Waals surface area contributed by atoms with E-state index >= 15 is 0 Å². The number of thiophene rings is 1. The minimum absolute atomic E-state index is 0.128. The number of anilines is 1. The summed E-state index contributed by atoms with van der Waals surface area (Å²) in [6.45, 7) is 0.128. The lowest BCUT2D eigenvalue weighted by Crippen LogP contribution is -2.27. The highest BCUT2D eigenvalue weighted by molar-refractivity contribution is 7.08. The third kappa shape index (κ3) is 3.11. The van der Waals surface area contributed by atoms with Gasteiger partial charge in [-0.25, -0.2) is 9.59 Å². The van der Waals surface area contributed by atoms with Gasteiger partial charge in [0.05, 0.1) is 12.2 Å². The highest BCUT2D eigenvalue weighted by Crippen LogP contribution is 2.11. The van der Waals surface area contributed by atoms with Crippen molar-refractivity contribution in [3.63, 3.8) is 0 Å². The molecular formula is C11H10N2O4S. The lowest BCUT2D eigenvalue weighted by atomic mass is 10.4. The SMILES string of the molecule is O=C(NCc1ccc(C(=O)O)o1)Nc1ccsc1. The van der Waals surface area contributed by atoms with Crippen LogP contribution in [0.15, 0.2) is 33.4 Å². The molecule has 0 aliphatic rings. The van der Waals surface area contributed by atoms with E-state index in [1.165, 1.54) is 23.5 Å². The molecule has 0 atom stereocenters. The number of urea groups is 1. The first-order chi connectivity index (χ1) is 8.65. The molecule has 6 nitrogen and oxygen atoms in total. The Labute approximate surface area is 106 Å². The number of carbonyl (C=O) groups excluding carboxylic acids is 1. The molecule has 2 aromatic heterocycles. The molecular weight excluding hydrogens is 256 g/mol. The summed E-state index contributed by atoms with van der Waals surface area (Å²) < 4.78 is 4.99. The van der Waals surface area contributed by atoms with Crippen molar-refractivity contribution in [2.45, 2.75) is 6.54 Å². The highest BCUT2D eigenvalue weighted by atomic mass is 32.1. The smallest absolute Gasteiger partial charge is 0.371 e. The predicted octanol–water partition coefficient (Wildman–Crippen LogP) is 2.36. The molecule has 94 valence electrons. The van der Waals surface area contributed by atoms with E-state index in [1.807, 2.05) is 5.38 Å². The van der Waals surface area contributed by atoms with E-state index < -0.39 is 5.97 Å². The Morgan fingerprint density at radius 3 is 2.78 bits per heavy atom. The van der Waals surface area contributed by atoms with Gasteiger partial charge in [-0.15, -0.1) is 0 Å². The van der Waals surface area contributed by atoms with Crippen LogP contribution >= 0.6 is 11.3 Å². The van der Waals surface area contributed by atoms with E-state index in [9.17, 15) is 9.59 Å². The maximum Gasteiger partial charge on any atom is 0.371 e. The monoisotopic (exact) mass is 266 g/mol. The molecule has 0 aliphatic heterocycles. The minimum Gasteiger partial charge on any atom is -0.475 e. The number of hydrogen-bond donors (Lipinski definition) is 3. The van der Waals surface area contributed by atoms with Crippen molar-refractivity contribution < 1.29 is 19.1 Å². The summed E-state index contributed by atoms with van der Waals surface area (Å²) in [4.78, 5) is 22.0. The number of amides is 2. The van der Waals surface area contributed by atoms with Crippen molar-refractivity contribution >= 4 is 29.0 Å². The second-order valence-corrected chi connectivity index (χ2v) is 4.17. The second-order valence-electron chi connectivity index (χ2n) is 3.39. The van der Waals surface area contributed by atoms with E-state index in [-0.39, 0.29) is 18.3 Å². The van der Waals surface area contributed by atoms with Gasteiger partial charge in [0.15, 0.2) is 0 Å². The second kappa shape index (κ2) is 5.37. The van der Waals surface area contributed by atoms with Gasteiger partial charge in [-0.3, -0.25) is 0 Å². The first-order valence-corrected chi connectivity index (χ1v) is 5.98. The van der Waals surface area contributed by atoms with Crippen LogP contribution in [0.3, 0.4) is 0 Å². The number of hydrogen-bond acceptors (Lipinski definition) is 4. The number of carbonyl (C=O) groups is 2. The average Bonchev–Trinajstić information content (AvgIpc) is 2.96. The van der Waals surface area contributed by atoms with Crippen LogP contribution in [0.4, 0.5) is 10.5 Å². The number of carboxylic acids is 1. The van der Waals surface area contributed by atoms with E-state index in [0.717, 1.165) is 0 Å². The van der Waals surface area contributed by atoms with Gasteiger partial charge < -0.3 is 20.2 Å². The lowest BCUT2D eigenvalue weighted by Gasteiger charge is -2.03. The number of aromatic carboxylic acids is 1. The summed E-state index contributed by atoms with van der Waals surface area (Å²) >= 11 is 1.48. The zero-order valence-electron chi connectivity index (χ0n) is 9.17. The van der Waals surface area contributed by atoms with Crippen molar-refractivity contribution in [1.82, 2.24) is 5.32 Å². The summed E-state index contributed by atoms with van der Waals surface area (Å²) in [5.74, 6) is -0.901. The maximum absolute atomic E-state index is 11.4. The van der Waals surface area contributed by atoms with Gasteiger partial charge in [-0.2, -0.15) is 11.3 Å². The molecule has 2 amide bonds. The normalized spacial score (nSPS) is 10.0. The van der Waals surface area contributed by atoms with Crippen molar-refractivity contribution in [1.29, 1.82) is 0 Å². The summed E-state index contributed by atoms with van der Waals surface area (Å²) in [5, 5.41) is 17.5. The van der Waals surface area contributed by atoms with Crippen molar-refractivity contribution in [2.24, 2.45) is 0 Å². The minimum atomic E-state index is -1.14. The zero-order chi connectivity index (χ0) is 13.0. The molecule has 0 saturated carbocycles. The number of rotatable bonds is 4. The molecule has 2 heterocycles. The van der Waals surface area contributed by atoms with Gasteiger partial charge in [0.25, 0.3) is 0 Å². The Bertz CT molecular complexity index is 547. The molecule has 2 rings (SSSR count). The van der Waals surface area contributed by atoms with Crippen LogP contribution < -0.4 is 10.6 Å². The Hall–Kier alpha value is -2.28.